The van der Waals surface area contributed by atoms with Gasteiger partial charge in [-0.2, -0.15) is 0 Å². The van der Waals surface area contributed by atoms with Gasteiger partial charge in [0.15, 0.2) is 5.78 Å². The monoisotopic (exact) mass is 332 g/mol. The molecule has 1 aromatic carbocycles. The van der Waals surface area contributed by atoms with Crippen molar-refractivity contribution in [3.05, 3.63) is 29.8 Å². The molecule has 134 valence electrons. The molecular weight excluding hydrogens is 300 g/mol. The number of rotatable bonds is 6. The normalized spacial score (nSPS) is 18.5. The number of anilines is 1. The van der Waals surface area contributed by atoms with Crippen LogP contribution in [0.15, 0.2) is 24.3 Å². The van der Waals surface area contributed by atoms with Crippen molar-refractivity contribution < 1.29 is 9.53 Å². The highest BCUT2D eigenvalue weighted by molar-refractivity contribution is 6.03. The summed E-state index contributed by atoms with van der Waals surface area (Å²) in [6.45, 7) is 11.9. The number of ketones is 1. The van der Waals surface area contributed by atoms with Crippen LogP contribution in [0.4, 0.5) is 5.69 Å². The lowest BCUT2D eigenvalue weighted by atomic mass is 9.67. The van der Waals surface area contributed by atoms with Crippen LogP contribution in [-0.2, 0) is 4.74 Å². The van der Waals surface area contributed by atoms with E-state index in [1.807, 2.05) is 26.2 Å². The van der Waals surface area contributed by atoms with Crippen LogP contribution in [0.1, 0.15) is 44.5 Å². The molecule has 1 aromatic rings. The molecule has 1 fully saturated rings. The summed E-state index contributed by atoms with van der Waals surface area (Å²) in [5.74, 6) is 0.188. The van der Waals surface area contributed by atoms with E-state index >= 15 is 0 Å². The number of ether oxygens (including phenoxy) is 1. The maximum atomic E-state index is 13.3. The SMILES string of the molecule is CCC(C)(C)C(C)(C(=O)c1ccc(N2CCOCC2)cc1)N(C)C. The van der Waals surface area contributed by atoms with Gasteiger partial charge in [0.25, 0.3) is 0 Å². The first-order valence-corrected chi connectivity index (χ1v) is 8.89. The largest absolute Gasteiger partial charge is 0.378 e. The van der Waals surface area contributed by atoms with E-state index in [4.69, 9.17) is 4.74 Å². The number of Topliss-reactive ketones (excluding diaryl/α,β-unsaturated/α-hetero) is 1. The molecule has 0 radical (unpaired) electrons. The molecule has 1 aliphatic rings. The maximum absolute atomic E-state index is 13.3. The smallest absolute Gasteiger partial charge is 0.183 e. The van der Waals surface area contributed by atoms with Gasteiger partial charge in [-0.05, 0) is 57.1 Å². The summed E-state index contributed by atoms with van der Waals surface area (Å²) in [4.78, 5) is 17.7. The van der Waals surface area contributed by atoms with Crippen molar-refractivity contribution in [2.75, 3.05) is 45.3 Å². The minimum Gasteiger partial charge on any atom is -0.378 e. The zero-order valence-electron chi connectivity index (χ0n) is 16.1. The molecule has 1 atom stereocenters. The van der Waals surface area contributed by atoms with Crippen molar-refractivity contribution in [3.8, 4) is 0 Å². The molecule has 1 heterocycles. The lowest BCUT2D eigenvalue weighted by Crippen LogP contribution is -2.58. The summed E-state index contributed by atoms with van der Waals surface area (Å²) in [7, 11) is 3.99. The van der Waals surface area contributed by atoms with Gasteiger partial charge in [0.2, 0.25) is 0 Å². The molecule has 4 heteroatoms. The summed E-state index contributed by atoms with van der Waals surface area (Å²) in [5, 5.41) is 0. The Balaban J connectivity index is 2.27. The second-order valence-electron chi connectivity index (χ2n) is 7.68. The number of carbonyl (C=O) groups is 1. The van der Waals surface area contributed by atoms with Crippen LogP contribution >= 0.6 is 0 Å². The van der Waals surface area contributed by atoms with Gasteiger partial charge in [0, 0.05) is 24.3 Å². The Hall–Kier alpha value is -1.39. The molecule has 2 rings (SSSR count). The molecule has 1 aliphatic heterocycles. The van der Waals surface area contributed by atoms with Crippen molar-refractivity contribution in [2.45, 2.75) is 39.7 Å². The zero-order chi connectivity index (χ0) is 18.0. The molecule has 0 aliphatic carbocycles. The first-order valence-electron chi connectivity index (χ1n) is 8.89. The summed E-state index contributed by atoms with van der Waals surface area (Å²) in [6.07, 6.45) is 0.944. The molecule has 0 bridgehead atoms. The fourth-order valence-corrected chi connectivity index (χ4v) is 3.39. The Morgan fingerprint density at radius 3 is 2.12 bits per heavy atom. The van der Waals surface area contributed by atoms with E-state index in [2.05, 4.69) is 49.6 Å². The highest BCUT2D eigenvalue weighted by atomic mass is 16.5. The zero-order valence-corrected chi connectivity index (χ0v) is 16.1. The van der Waals surface area contributed by atoms with E-state index in [9.17, 15) is 4.79 Å². The van der Waals surface area contributed by atoms with E-state index in [0.29, 0.717) is 0 Å². The standard InChI is InChI=1S/C20H32N2O2/c1-7-19(2,3)20(4,21(5)6)18(23)16-8-10-17(11-9-16)22-12-14-24-15-13-22/h8-11H,7,12-15H2,1-6H3. The number of nitrogens with zero attached hydrogens (tertiary/aromatic N) is 2. The van der Waals surface area contributed by atoms with Gasteiger partial charge in [0.05, 0.1) is 18.8 Å². The van der Waals surface area contributed by atoms with Crippen LogP contribution in [0.5, 0.6) is 0 Å². The lowest BCUT2D eigenvalue weighted by molar-refractivity contribution is 0.0275. The molecule has 4 nitrogen and oxygen atoms in total. The van der Waals surface area contributed by atoms with Crippen molar-refractivity contribution >= 4 is 11.5 Å². The predicted octanol–water partition coefficient (Wildman–Crippen LogP) is 3.46. The second kappa shape index (κ2) is 7.24. The first kappa shape index (κ1) is 18.9. The van der Waals surface area contributed by atoms with Crippen LogP contribution in [0, 0.1) is 5.41 Å². The Morgan fingerprint density at radius 1 is 1.12 bits per heavy atom. The van der Waals surface area contributed by atoms with Crippen LogP contribution < -0.4 is 4.90 Å². The minimum atomic E-state index is -0.539. The van der Waals surface area contributed by atoms with Crippen LogP contribution in [0.2, 0.25) is 0 Å². The van der Waals surface area contributed by atoms with Gasteiger partial charge in [-0.25, -0.2) is 0 Å². The molecule has 1 saturated heterocycles. The lowest BCUT2D eigenvalue weighted by Gasteiger charge is -2.47. The number of carbonyl (C=O) groups excluding carboxylic acids is 1. The van der Waals surface area contributed by atoms with Crippen LogP contribution in [0.25, 0.3) is 0 Å². The van der Waals surface area contributed by atoms with Gasteiger partial charge in [-0.3, -0.25) is 9.69 Å². The summed E-state index contributed by atoms with van der Waals surface area (Å²) in [6, 6.07) is 8.07. The van der Waals surface area contributed by atoms with Crippen LogP contribution in [0.3, 0.4) is 0 Å². The Labute approximate surface area is 146 Å². The van der Waals surface area contributed by atoms with Gasteiger partial charge in [0.1, 0.15) is 0 Å². The topological polar surface area (TPSA) is 32.8 Å². The highest BCUT2D eigenvalue weighted by Gasteiger charge is 2.47. The predicted molar refractivity (Wildman–Crippen MR) is 100.0 cm³/mol. The molecule has 0 saturated carbocycles. The maximum Gasteiger partial charge on any atom is 0.183 e. The summed E-state index contributed by atoms with van der Waals surface area (Å²) in [5.41, 5.74) is 1.29. The quantitative estimate of drug-likeness (QED) is 0.747. The van der Waals surface area contributed by atoms with Gasteiger partial charge in [-0.1, -0.05) is 20.8 Å². The minimum absolute atomic E-state index is 0.115. The van der Waals surface area contributed by atoms with E-state index in [1.54, 1.807) is 0 Å². The number of benzene rings is 1. The fourth-order valence-electron chi connectivity index (χ4n) is 3.39. The summed E-state index contributed by atoms with van der Waals surface area (Å²) >= 11 is 0. The van der Waals surface area contributed by atoms with Crippen LogP contribution in [-0.4, -0.2) is 56.6 Å². The van der Waals surface area contributed by atoms with Crippen molar-refractivity contribution in [1.29, 1.82) is 0 Å². The van der Waals surface area contributed by atoms with Gasteiger partial charge >= 0.3 is 0 Å². The fraction of sp³-hybridized carbons (Fsp3) is 0.650. The molecule has 1 unspecified atom stereocenters. The molecule has 0 aromatic heterocycles. The summed E-state index contributed by atoms with van der Waals surface area (Å²) < 4.78 is 5.40. The molecule has 0 spiro atoms. The number of likely N-dealkylation sites (N-methyl/N-ethyl adjacent to an activating group) is 1. The molecule has 24 heavy (non-hydrogen) atoms. The van der Waals surface area contributed by atoms with E-state index in [1.165, 1.54) is 0 Å². The van der Waals surface area contributed by atoms with E-state index in [0.717, 1.165) is 44.0 Å². The van der Waals surface area contributed by atoms with Gasteiger partial charge in [-0.15, -0.1) is 0 Å². The molecular formula is C20H32N2O2. The third-order valence-corrected chi connectivity index (χ3v) is 6.04. The Kier molecular flexibility index (Phi) is 5.71. The number of morpholine rings is 1. The first-order chi connectivity index (χ1) is 11.2. The Morgan fingerprint density at radius 2 is 1.67 bits per heavy atom. The average molecular weight is 332 g/mol. The number of hydrogen-bond acceptors (Lipinski definition) is 4. The van der Waals surface area contributed by atoms with Crippen molar-refractivity contribution in [2.24, 2.45) is 5.41 Å². The number of hydrogen-bond donors (Lipinski definition) is 0. The Bertz CT molecular complexity index is 560. The van der Waals surface area contributed by atoms with Gasteiger partial charge < -0.3 is 9.64 Å². The van der Waals surface area contributed by atoms with Crippen molar-refractivity contribution in [3.63, 3.8) is 0 Å². The van der Waals surface area contributed by atoms with E-state index < -0.39 is 5.54 Å². The van der Waals surface area contributed by atoms with E-state index in [-0.39, 0.29) is 11.2 Å². The third-order valence-electron chi connectivity index (χ3n) is 6.04. The third kappa shape index (κ3) is 3.35. The molecule has 0 N–H and O–H groups in total. The molecule has 0 amide bonds. The second-order valence-corrected chi connectivity index (χ2v) is 7.68. The van der Waals surface area contributed by atoms with Crippen molar-refractivity contribution in [1.82, 2.24) is 4.90 Å². The highest BCUT2D eigenvalue weighted by Crippen LogP contribution is 2.40. The average Bonchev–Trinajstić information content (AvgIpc) is 2.61.